The van der Waals surface area contributed by atoms with Crippen LogP contribution >= 0.6 is 22.7 Å². The molecule has 0 saturated heterocycles. The van der Waals surface area contributed by atoms with Gasteiger partial charge < -0.3 is 0 Å². The Balaban J connectivity index is 1.23. The maximum Gasteiger partial charge on any atom is 0.264 e. The summed E-state index contributed by atoms with van der Waals surface area (Å²) in [5.41, 5.74) is 10.3. The number of hydrogen-bond donors (Lipinski definition) is 0. The first-order valence-electron chi connectivity index (χ1n) is 17.2. The highest BCUT2D eigenvalue weighted by atomic mass is 32.1. The van der Waals surface area contributed by atoms with Crippen molar-refractivity contribution in [3.05, 3.63) is 142 Å². The number of thiophene rings is 2. The molecule has 0 saturated carbocycles. The number of hydrogen-bond acceptors (Lipinski definition) is 4. The molecule has 0 bridgehead atoms. The van der Waals surface area contributed by atoms with E-state index in [1.165, 1.54) is 86.2 Å². The van der Waals surface area contributed by atoms with Gasteiger partial charge in [-0.3, -0.25) is 9.20 Å². The first kappa shape index (κ1) is 26.7. The van der Waals surface area contributed by atoms with E-state index in [0.29, 0.717) is 0 Å². The van der Waals surface area contributed by atoms with Crippen LogP contribution in [-0.4, -0.2) is 9.38 Å². The average Bonchev–Trinajstić information content (AvgIpc) is 4.00. The van der Waals surface area contributed by atoms with E-state index in [-0.39, 0.29) is 5.56 Å². The van der Waals surface area contributed by atoms with E-state index in [1.54, 1.807) is 4.40 Å². The van der Waals surface area contributed by atoms with Crippen LogP contribution in [0, 0.1) is 0 Å². The second-order valence-electron chi connectivity index (χ2n) is 13.7. The molecule has 8 aromatic carbocycles. The molecule has 0 N–H and O–H groups in total. The number of fused-ring (bicyclic) bond motifs is 10. The van der Waals surface area contributed by atoms with Crippen molar-refractivity contribution < 1.29 is 0 Å². The van der Waals surface area contributed by atoms with Gasteiger partial charge in [-0.1, -0.05) is 84.9 Å². The number of para-hydroxylation sites is 2. The molecular weight excluding hydrogens is 661 g/mol. The van der Waals surface area contributed by atoms with Crippen LogP contribution in [0.4, 0.5) is 0 Å². The fourth-order valence-electron chi connectivity index (χ4n) is 9.53. The van der Waals surface area contributed by atoms with Crippen molar-refractivity contribution in [1.82, 2.24) is 9.38 Å². The topological polar surface area (TPSA) is 34.4 Å². The molecule has 0 radical (unpaired) electrons. The van der Waals surface area contributed by atoms with Gasteiger partial charge in [0.05, 0.1) is 11.0 Å². The zero-order valence-corrected chi connectivity index (χ0v) is 28.5. The highest BCUT2D eigenvalue weighted by Crippen LogP contribution is 2.60. The second kappa shape index (κ2) is 9.15. The fraction of sp³-hybridized carbons (Fsp3) is 0. The normalized spacial score (nSPS) is 12.8. The summed E-state index contributed by atoms with van der Waals surface area (Å²) < 4.78 is 1.80. The molecule has 0 fully saturated rings. The Labute approximate surface area is 297 Å². The van der Waals surface area contributed by atoms with Crippen LogP contribution in [0.25, 0.3) is 124 Å². The molecule has 234 valence electrons. The van der Waals surface area contributed by atoms with Crippen molar-refractivity contribution in [3.8, 4) is 43.1 Å². The highest BCUT2D eigenvalue weighted by Gasteiger charge is 2.33. The molecule has 0 unspecified atom stereocenters. The molecule has 51 heavy (non-hydrogen) atoms. The lowest BCUT2D eigenvalue weighted by atomic mass is 9.86. The van der Waals surface area contributed by atoms with Gasteiger partial charge in [-0.25, -0.2) is 4.98 Å². The Morgan fingerprint density at radius 3 is 1.55 bits per heavy atom. The number of nitrogens with zero attached hydrogens (tertiary/aromatic N) is 2. The molecule has 0 spiro atoms. The Hall–Kier alpha value is -6.14. The number of aromatic nitrogens is 2. The molecule has 1 aliphatic carbocycles. The molecule has 13 rings (SSSR count). The molecule has 0 atom stereocenters. The van der Waals surface area contributed by atoms with Gasteiger partial charge in [0.2, 0.25) is 0 Å². The third kappa shape index (κ3) is 3.08. The summed E-state index contributed by atoms with van der Waals surface area (Å²) in [5.74, 6) is 0. The minimum absolute atomic E-state index is 0.0146. The predicted octanol–water partition coefficient (Wildman–Crippen LogP) is 12.7. The van der Waals surface area contributed by atoms with Crippen molar-refractivity contribution in [3.63, 3.8) is 0 Å². The zero-order chi connectivity index (χ0) is 33.1. The lowest BCUT2D eigenvalue weighted by Crippen LogP contribution is -2.13. The van der Waals surface area contributed by atoms with Crippen LogP contribution in [0.5, 0.6) is 0 Å². The van der Waals surface area contributed by atoms with Crippen molar-refractivity contribution in [2.24, 2.45) is 0 Å². The van der Waals surface area contributed by atoms with Gasteiger partial charge in [0.15, 0.2) is 0 Å². The van der Waals surface area contributed by atoms with Crippen molar-refractivity contribution >= 4 is 104 Å². The summed E-state index contributed by atoms with van der Waals surface area (Å²) in [6, 6.07) is 43.9. The van der Waals surface area contributed by atoms with Crippen LogP contribution in [0.15, 0.2) is 137 Å². The van der Waals surface area contributed by atoms with Gasteiger partial charge >= 0.3 is 0 Å². The minimum atomic E-state index is -0.0146. The average molecular weight is 683 g/mol. The molecule has 1 aliphatic rings. The Morgan fingerprint density at radius 2 is 0.941 bits per heavy atom. The first-order chi connectivity index (χ1) is 25.3. The van der Waals surface area contributed by atoms with Gasteiger partial charge in [-0.15, -0.1) is 22.7 Å². The molecule has 0 amide bonds. The Bertz CT molecular complexity index is 3400. The summed E-state index contributed by atoms with van der Waals surface area (Å²) in [4.78, 5) is 21.8. The molecule has 4 heterocycles. The number of rotatable bonds is 2. The van der Waals surface area contributed by atoms with Crippen molar-refractivity contribution in [2.45, 2.75) is 0 Å². The largest absolute Gasteiger partial charge is 0.268 e. The fourth-order valence-corrected chi connectivity index (χ4v) is 11.1. The maximum atomic E-state index is 14.2. The summed E-state index contributed by atoms with van der Waals surface area (Å²) in [6.45, 7) is 0. The first-order valence-corrected chi connectivity index (χ1v) is 18.9. The van der Waals surface area contributed by atoms with E-state index in [0.717, 1.165) is 38.2 Å². The summed E-state index contributed by atoms with van der Waals surface area (Å²) in [7, 11) is 0. The second-order valence-corrected chi connectivity index (χ2v) is 15.6. The van der Waals surface area contributed by atoms with Crippen molar-refractivity contribution in [2.75, 3.05) is 0 Å². The maximum absolute atomic E-state index is 14.2. The van der Waals surface area contributed by atoms with E-state index < -0.39 is 0 Å². The molecule has 4 aromatic heterocycles. The SMILES string of the molecule is O=c1c2ccc3c4ccc5c6c(ccc(c7ccc(c2c37)c2nc3ccccc3n12)c64)-c1c-5c(-c2cccs2)c2ccccc2c1-c1cccs1. The Kier molecular flexibility index (Phi) is 4.79. The minimum Gasteiger partial charge on any atom is -0.268 e. The molecule has 0 aliphatic heterocycles. The number of pyridine rings is 1. The Morgan fingerprint density at radius 1 is 0.431 bits per heavy atom. The molecule has 3 nitrogen and oxygen atoms in total. The number of imidazole rings is 1. The van der Waals surface area contributed by atoms with Gasteiger partial charge in [0.25, 0.3) is 5.56 Å². The van der Waals surface area contributed by atoms with E-state index in [1.807, 2.05) is 53.0 Å². The van der Waals surface area contributed by atoms with Gasteiger partial charge in [0.1, 0.15) is 5.65 Å². The van der Waals surface area contributed by atoms with Crippen LogP contribution < -0.4 is 5.56 Å². The van der Waals surface area contributed by atoms with E-state index in [4.69, 9.17) is 4.98 Å². The van der Waals surface area contributed by atoms with E-state index in [9.17, 15) is 4.79 Å². The molecule has 12 aromatic rings. The quantitative estimate of drug-likeness (QED) is 0.134. The van der Waals surface area contributed by atoms with E-state index >= 15 is 0 Å². The van der Waals surface area contributed by atoms with E-state index in [2.05, 4.69) is 102 Å². The lowest BCUT2D eigenvalue weighted by Gasteiger charge is -2.18. The van der Waals surface area contributed by atoms with Crippen LogP contribution in [0.2, 0.25) is 0 Å². The zero-order valence-electron chi connectivity index (χ0n) is 26.8. The molecule has 5 heteroatoms. The summed E-state index contributed by atoms with van der Waals surface area (Å²) >= 11 is 3.63. The predicted molar refractivity (Wildman–Crippen MR) is 217 cm³/mol. The third-order valence-corrected chi connectivity index (χ3v) is 13.2. The molecular formula is C46H22N2OS2. The van der Waals surface area contributed by atoms with Crippen LogP contribution in [0.3, 0.4) is 0 Å². The van der Waals surface area contributed by atoms with Crippen molar-refractivity contribution in [1.29, 1.82) is 0 Å². The van der Waals surface area contributed by atoms with Crippen LogP contribution in [-0.2, 0) is 0 Å². The van der Waals surface area contributed by atoms with Gasteiger partial charge in [-0.05, 0) is 107 Å². The smallest absolute Gasteiger partial charge is 0.264 e. The summed E-state index contributed by atoms with van der Waals surface area (Å²) in [6.07, 6.45) is 0. The standard InChI is InChI=1S/C46H22N2OS2/c49-46-32-20-16-28-26-14-18-30-39-29(43-41(35-11-5-21-50-35)23-7-1-2-8-24(23)42(44(30)43)36-12-6-22-51-36)17-13-25(37(26)39)27-15-19-31(40(32)38(27)28)45-47-33-9-3-4-10-34(33)48(45)46/h1-22H. The third-order valence-electron chi connectivity index (χ3n) is 11.4. The monoisotopic (exact) mass is 682 g/mol. The van der Waals surface area contributed by atoms with Gasteiger partial charge in [0, 0.05) is 48.2 Å². The highest BCUT2D eigenvalue weighted by molar-refractivity contribution is 7.14. The number of benzene rings is 8. The van der Waals surface area contributed by atoms with Gasteiger partial charge in [-0.2, -0.15) is 0 Å². The lowest BCUT2D eigenvalue weighted by molar-refractivity contribution is 1.19. The van der Waals surface area contributed by atoms with Crippen LogP contribution in [0.1, 0.15) is 0 Å². The summed E-state index contributed by atoms with van der Waals surface area (Å²) in [5, 5.41) is 18.3.